The molecular formula is C20H20N4O2. The van der Waals surface area contributed by atoms with E-state index in [4.69, 9.17) is 31.3 Å². The molecule has 0 saturated heterocycles. The van der Waals surface area contributed by atoms with E-state index in [1.807, 2.05) is 48.5 Å². The van der Waals surface area contributed by atoms with Crippen molar-refractivity contribution in [3.8, 4) is 34.0 Å². The van der Waals surface area contributed by atoms with E-state index in [-0.39, 0.29) is 5.84 Å². The zero-order chi connectivity index (χ0) is 18.7. The Kier molecular flexibility index (Phi) is 4.75. The van der Waals surface area contributed by atoms with E-state index in [1.54, 1.807) is 20.3 Å². The molecule has 3 rings (SSSR count). The van der Waals surface area contributed by atoms with Gasteiger partial charge in [0.05, 0.1) is 31.2 Å². The summed E-state index contributed by atoms with van der Waals surface area (Å²) < 4.78 is 10.4. The standard InChI is InChI=1S/C20H20N4O2/c1-25-14-7-3-12(4-8-14)17-11-16(21)18(20(22)23)19(24-17)13-5-9-15(26-2)10-6-13/h3-11H,1-2H3,(H2,21,24)(H3,22,23). The van der Waals surface area contributed by atoms with Crippen LogP contribution in [0.5, 0.6) is 11.5 Å². The smallest absolute Gasteiger partial charge is 0.127 e. The van der Waals surface area contributed by atoms with Crippen molar-refractivity contribution in [2.75, 3.05) is 20.0 Å². The van der Waals surface area contributed by atoms with Crippen LogP contribution in [0.2, 0.25) is 0 Å². The fourth-order valence-corrected chi connectivity index (χ4v) is 2.72. The quantitative estimate of drug-likeness (QED) is 0.484. The predicted octanol–water partition coefficient (Wildman–Crippen LogP) is 3.30. The minimum absolute atomic E-state index is 0.123. The van der Waals surface area contributed by atoms with Gasteiger partial charge in [-0.25, -0.2) is 4.98 Å². The molecule has 132 valence electrons. The van der Waals surface area contributed by atoms with Crippen LogP contribution in [0.25, 0.3) is 22.5 Å². The number of ether oxygens (including phenoxy) is 2. The maximum absolute atomic E-state index is 7.89. The molecule has 3 aromatic rings. The van der Waals surface area contributed by atoms with Gasteiger partial charge in [-0.2, -0.15) is 0 Å². The lowest BCUT2D eigenvalue weighted by Crippen LogP contribution is -2.16. The summed E-state index contributed by atoms with van der Waals surface area (Å²) in [7, 11) is 3.23. The summed E-state index contributed by atoms with van der Waals surface area (Å²) in [6.07, 6.45) is 0. The van der Waals surface area contributed by atoms with Gasteiger partial charge < -0.3 is 20.9 Å². The average molecular weight is 348 g/mol. The molecule has 6 heteroatoms. The van der Waals surface area contributed by atoms with Crippen molar-refractivity contribution in [1.82, 2.24) is 4.98 Å². The average Bonchev–Trinajstić information content (AvgIpc) is 2.67. The van der Waals surface area contributed by atoms with Crippen LogP contribution in [-0.2, 0) is 0 Å². The molecule has 1 heterocycles. The van der Waals surface area contributed by atoms with Crippen LogP contribution >= 0.6 is 0 Å². The van der Waals surface area contributed by atoms with E-state index >= 15 is 0 Å². The second-order valence-corrected chi connectivity index (χ2v) is 5.69. The van der Waals surface area contributed by atoms with E-state index in [0.29, 0.717) is 22.6 Å². The van der Waals surface area contributed by atoms with Crippen LogP contribution in [0.4, 0.5) is 5.69 Å². The predicted molar refractivity (Wildman–Crippen MR) is 104 cm³/mol. The number of nitrogens with zero attached hydrogens (tertiary/aromatic N) is 1. The lowest BCUT2D eigenvalue weighted by Gasteiger charge is -2.14. The van der Waals surface area contributed by atoms with Crippen LogP contribution in [0.3, 0.4) is 0 Å². The molecule has 26 heavy (non-hydrogen) atoms. The second kappa shape index (κ2) is 7.14. The molecule has 0 radical (unpaired) electrons. The molecule has 0 aliphatic carbocycles. The second-order valence-electron chi connectivity index (χ2n) is 5.69. The molecule has 0 spiro atoms. The third-order valence-corrected chi connectivity index (χ3v) is 4.07. The molecule has 0 unspecified atom stereocenters. The van der Waals surface area contributed by atoms with Gasteiger partial charge in [0, 0.05) is 16.8 Å². The number of nitrogens with two attached hydrogens (primary N) is 2. The van der Waals surface area contributed by atoms with E-state index in [9.17, 15) is 0 Å². The Morgan fingerprint density at radius 3 is 1.85 bits per heavy atom. The summed E-state index contributed by atoms with van der Waals surface area (Å²) >= 11 is 0. The van der Waals surface area contributed by atoms with Gasteiger partial charge in [-0.1, -0.05) is 0 Å². The van der Waals surface area contributed by atoms with Crippen molar-refractivity contribution in [3.05, 3.63) is 60.2 Å². The van der Waals surface area contributed by atoms with Gasteiger partial charge in [0.15, 0.2) is 0 Å². The Labute approximate surface area is 151 Å². The summed E-state index contributed by atoms with van der Waals surface area (Å²) in [6, 6.07) is 16.7. The number of methoxy groups -OCH3 is 2. The van der Waals surface area contributed by atoms with E-state index in [1.165, 1.54) is 0 Å². The normalized spacial score (nSPS) is 10.4. The summed E-state index contributed by atoms with van der Waals surface area (Å²) in [6.45, 7) is 0. The van der Waals surface area contributed by atoms with Crippen molar-refractivity contribution in [1.29, 1.82) is 5.41 Å². The number of nitrogens with one attached hydrogen (secondary N) is 1. The van der Waals surface area contributed by atoms with Gasteiger partial charge in [-0.05, 0) is 54.6 Å². The van der Waals surface area contributed by atoms with Crippen LogP contribution in [-0.4, -0.2) is 25.0 Å². The van der Waals surface area contributed by atoms with Crippen molar-refractivity contribution < 1.29 is 9.47 Å². The monoisotopic (exact) mass is 348 g/mol. The highest BCUT2D eigenvalue weighted by molar-refractivity contribution is 6.05. The molecule has 0 atom stereocenters. The fraction of sp³-hybridized carbons (Fsp3) is 0.100. The molecule has 2 aromatic carbocycles. The van der Waals surface area contributed by atoms with Gasteiger partial charge in [0.25, 0.3) is 0 Å². The summed E-state index contributed by atoms with van der Waals surface area (Å²) in [4.78, 5) is 4.72. The molecule has 0 saturated carbocycles. The molecule has 1 aromatic heterocycles. The summed E-state index contributed by atoms with van der Waals surface area (Å²) in [5.41, 5.74) is 15.7. The van der Waals surface area contributed by atoms with Gasteiger partial charge in [-0.3, -0.25) is 5.41 Å². The number of pyridine rings is 1. The number of anilines is 1. The maximum atomic E-state index is 7.89. The summed E-state index contributed by atoms with van der Waals surface area (Å²) in [5, 5.41) is 7.89. The van der Waals surface area contributed by atoms with E-state index in [0.717, 1.165) is 22.6 Å². The third-order valence-electron chi connectivity index (χ3n) is 4.07. The largest absolute Gasteiger partial charge is 0.497 e. The number of amidine groups is 1. The summed E-state index contributed by atoms with van der Waals surface area (Å²) in [5.74, 6) is 1.37. The molecular weight excluding hydrogens is 328 g/mol. The Morgan fingerprint density at radius 1 is 0.885 bits per heavy atom. The van der Waals surface area contributed by atoms with Crippen molar-refractivity contribution in [2.24, 2.45) is 5.73 Å². The van der Waals surface area contributed by atoms with Gasteiger partial charge >= 0.3 is 0 Å². The first-order valence-electron chi connectivity index (χ1n) is 7.97. The van der Waals surface area contributed by atoms with Crippen molar-refractivity contribution >= 4 is 11.5 Å². The highest BCUT2D eigenvalue weighted by Gasteiger charge is 2.16. The maximum Gasteiger partial charge on any atom is 0.127 e. The van der Waals surface area contributed by atoms with Gasteiger partial charge in [0.1, 0.15) is 17.3 Å². The highest BCUT2D eigenvalue weighted by atomic mass is 16.5. The lowest BCUT2D eigenvalue weighted by molar-refractivity contribution is 0.415. The number of benzene rings is 2. The molecule has 0 aliphatic heterocycles. The number of rotatable bonds is 5. The molecule has 0 fully saturated rings. The number of hydrogen-bond acceptors (Lipinski definition) is 5. The number of nitrogen functional groups attached to an aromatic ring is 2. The van der Waals surface area contributed by atoms with Crippen molar-refractivity contribution in [3.63, 3.8) is 0 Å². The Morgan fingerprint density at radius 2 is 1.38 bits per heavy atom. The zero-order valence-electron chi connectivity index (χ0n) is 14.6. The van der Waals surface area contributed by atoms with Gasteiger partial charge in [0.2, 0.25) is 0 Å². The fourth-order valence-electron chi connectivity index (χ4n) is 2.72. The topological polar surface area (TPSA) is 107 Å². The molecule has 0 bridgehead atoms. The first-order chi connectivity index (χ1) is 12.5. The van der Waals surface area contributed by atoms with Crippen LogP contribution in [0, 0.1) is 5.41 Å². The Balaban J connectivity index is 2.16. The van der Waals surface area contributed by atoms with E-state index in [2.05, 4.69) is 0 Å². The zero-order valence-corrected chi connectivity index (χ0v) is 14.6. The molecule has 0 aliphatic rings. The minimum Gasteiger partial charge on any atom is -0.497 e. The van der Waals surface area contributed by atoms with Crippen LogP contribution in [0.15, 0.2) is 54.6 Å². The minimum atomic E-state index is -0.123. The number of aromatic nitrogens is 1. The first kappa shape index (κ1) is 17.3. The first-order valence-corrected chi connectivity index (χ1v) is 7.97. The van der Waals surface area contributed by atoms with Crippen molar-refractivity contribution in [2.45, 2.75) is 0 Å². The van der Waals surface area contributed by atoms with E-state index < -0.39 is 0 Å². The Hall–Kier alpha value is -3.54. The third kappa shape index (κ3) is 3.30. The highest BCUT2D eigenvalue weighted by Crippen LogP contribution is 2.32. The van der Waals surface area contributed by atoms with Crippen LogP contribution < -0.4 is 20.9 Å². The molecule has 6 nitrogen and oxygen atoms in total. The number of hydrogen-bond donors (Lipinski definition) is 3. The van der Waals surface area contributed by atoms with Crippen LogP contribution in [0.1, 0.15) is 5.56 Å². The van der Waals surface area contributed by atoms with Gasteiger partial charge in [-0.15, -0.1) is 0 Å². The Bertz CT molecular complexity index is 935. The molecule has 0 amide bonds. The molecule has 5 N–H and O–H groups in total. The lowest BCUT2D eigenvalue weighted by atomic mass is 10.0. The SMILES string of the molecule is COc1ccc(-c2cc(N)c(C(=N)N)c(-c3ccc(OC)cc3)n2)cc1.